The summed E-state index contributed by atoms with van der Waals surface area (Å²) in [7, 11) is 0. The van der Waals surface area contributed by atoms with Crippen molar-refractivity contribution >= 4 is 11.8 Å². The van der Waals surface area contributed by atoms with Gasteiger partial charge < -0.3 is 0 Å². The summed E-state index contributed by atoms with van der Waals surface area (Å²) in [4.78, 5) is 16.9. The van der Waals surface area contributed by atoms with Gasteiger partial charge >= 0.3 is 0 Å². The van der Waals surface area contributed by atoms with Crippen LogP contribution in [-0.2, 0) is 13.0 Å². The third-order valence-electron chi connectivity index (χ3n) is 3.20. The maximum atomic E-state index is 12.4. The number of aromatic nitrogens is 2. The molecule has 92 valence electrons. The number of thioether (sulfide) groups is 1. The van der Waals surface area contributed by atoms with E-state index < -0.39 is 0 Å². The Morgan fingerprint density at radius 3 is 2.89 bits per heavy atom. The number of rotatable bonds is 2. The molecule has 1 aromatic heterocycles. The third kappa shape index (κ3) is 1.97. The molecule has 0 atom stereocenters. The number of benzene rings is 1. The minimum absolute atomic E-state index is 0.131. The molecule has 3 nitrogen and oxygen atoms in total. The lowest BCUT2D eigenvalue weighted by Crippen LogP contribution is -2.25. The van der Waals surface area contributed by atoms with Crippen molar-refractivity contribution in [2.75, 3.05) is 5.75 Å². The van der Waals surface area contributed by atoms with Crippen molar-refractivity contribution in [3.8, 4) is 0 Å². The van der Waals surface area contributed by atoms with E-state index >= 15 is 0 Å². The van der Waals surface area contributed by atoms with Gasteiger partial charge in [0.25, 0.3) is 5.56 Å². The standard InChI is InChI=1S/C14H14N2OS/c1-10-12(9-11-5-3-2-4-6-11)13(17)16-7-8-18-14(16)15-10/h2-6H,7-9H2,1H3. The Bertz CT molecular complexity index is 634. The van der Waals surface area contributed by atoms with E-state index in [1.165, 1.54) is 0 Å². The van der Waals surface area contributed by atoms with Gasteiger partial charge in [-0.2, -0.15) is 0 Å². The lowest BCUT2D eigenvalue weighted by atomic mass is 10.1. The average molecular weight is 258 g/mol. The van der Waals surface area contributed by atoms with Gasteiger partial charge in [0.15, 0.2) is 5.16 Å². The van der Waals surface area contributed by atoms with Crippen molar-refractivity contribution < 1.29 is 0 Å². The van der Waals surface area contributed by atoms with Crippen molar-refractivity contribution in [1.82, 2.24) is 9.55 Å². The Hall–Kier alpha value is -1.55. The first-order valence-corrected chi connectivity index (χ1v) is 7.01. The van der Waals surface area contributed by atoms with Gasteiger partial charge in [0, 0.05) is 30.0 Å². The molecular weight excluding hydrogens is 244 g/mol. The smallest absolute Gasteiger partial charge is 0.257 e. The Kier molecular flexibility index (Phi) is 2.96. The molecule has 2 aromatic rings. The second kappa shape index (κ2) is 4.61. The van der Waals surface area contributed by atoms with E-state index in [1.54, 1.807) is 16.3 Å². The third-order valence-corrected chi connectivity index (χ3v) is 4.16. The fourth-order valence-corrected chi connectivity index (χ4v) is 3.20. The highest BCUT2D eigenvalue weighted by Gasteiger charge is 2.18. The van der Waals surface area contributed by atoms with Crippen LogP contribution >= 0.6 is 11.8 Å². The molecular formula is C14H14N2OS. The van der Waals surface area contributed by atoms with Crippen LogP contribution < -0.4 is 5.56 Å². The molecule has 0 fully saturated rings. The second-order valence-electron chi connectivity index (χ2n) is 4.43. The Morgan fingerprint density at radius 2 is 2.11 bits per heavy atom. The van der Waals surface area contributed by atoms with E-state index in [9.17, 15) is 4.79 Å². The SMILES string of the molecule is Cc1nc2n(c(=O)c1Cc1ccccc1)CCS2. The first-order chi connectivity index (χ1) is 8.75. The van der Waals surface area contributed by atoms with Gasteiger partial charge in [-0.25, -0.2) is 4.98 Å². The summed E-state index contributed by atoms with van der Waals surface area (Å²) in [6.07, 6.45) is 0.670. The monoisotopic (exact) mass is 258 g/mol. The number of aryl methyl sites for hydroxylation is 1. The summed E-state index contributed by atoms with van der Waals surface area (Å²) in [6, 6.07) is 10.1. The van der Waals surface area contributed by atoms with E-state index in [4.69, 9.17) is 0 Å². The quantitative estimate of drug-likeness (QED) is 0.775. The zero-order valence-corrected chi connectivity index (χ0v) is 11.0. The fourth-order valence-electron chi connectivity index (χ4n) is 2.21. The van der Waals surface area contributed by atoms with Gasteiger partial charge in [0.05, 0.1) is 0 Å². The van der Waals surface area contributed by atoms with Crippen LogP contribution in [-0.4, -0.2) is 15.3 Å². The van der Waals surface area contributed by atoms with Gasteiger partial charge in [-0.15, -0.1) is 0 Å². The molecule has 1 aliphatic heterocycles. The summed E-state index contributed by atoms with van der Waals surface area (Å²) in [5, 5.41) is 0.870. The lowest BCUT2D eigenvalue weighted by Gasteiger charge is -2.08. The predicted molar refractivity (Wildman–Crippen MR) is 73.2 cm³/mol. The van der Waals surface area contributed by atoms with Crippen molar-refractivity contribution in [2.24, 2.45) is 0 Å². The molecule has 18 heavy (non-hydrogen) atoms. The highest BCUT2D eigenvalue weighted by molar-refractivity contribution is 7.99. The van der Waals surface area contributed by atoms with Gasteiger partial charge in [-0.3, -0.25) is 9.36 Å². The molecule has 0 radical (unpaired) electrons. The van der Waals surface area contributed by atoms with Crippen molar-refractivity contribution in [3.05, 3.63) is 57.5 Å². The van der Waals surface area contributed by atoms with Crippen molar-refractivity contribution in [2.45, 2.75) is 25.0 Å². The number of fused-ring (bicyclic) bond motifs is 1. The topological polar surface area (TPSA) is 34.9 Å². The number of hydrogen-bond acceptors (Lipinski definition) is 3. The van der Waals surface area contributed by atoms with Gasteiger partial charge in [0.2, 0.25) is 0 Å². The van der Waals surface area contributed by atoms with Crippen LogP contribution in [0.4, 0.5) is 0 Å². The number of hydrogen-bond donors (Lipinski definition) is 0. The molecule has 1 aliphatic rings. The fraction of sp³-hybridized carbons (Fsp3) is 0.286. The van der Waals surface area contributed by atoms with Gasteiger partial charge in [0.1, 0.15) is 0 Å². The summed E-state index contributed by atoms with van der Waals surface area (Å²) >= 11 is 1.66. The highest BCUT2D eigenvalue weighted by Crippen LogP contribution is 2.22. The van der Waals surface area contributed by atoms with Crippen LogP contribution in [0, 0.1) is 6.92 Å². The van der Waals surface area contributed by atoms with E-state index in [2.05, 4.69) is 4.98 Å². The molecule has 0 saturated carbocycles. The highest BCUT2D eigenvalue weighted by atomic mass is 32.2. The van der Waals surface area contributed by atoms with Crippen LogP contribution in [0.25, 0.3) is 0 Å². The Labute approximate surface area is 110 Å². The minimum atomic E-state index is 0.131. The Balaban J connectivity index is 2.05. The molecule has 0 amide bonds. The zero-order chi connectivity index (χ0) is 12.5. The van der Waals surface area contributed by atoms with Crippen molar-refractivity contribution in [1.29, 1.82) is 0 Å². The maximum absolute atomic E-state index is 12.4. The summed E-state index contributed by atoms with van der Waals surface area (Å²) < 4.78 is 1.80. The predicted octanol–water partition coefficient (Wildman–Crippen LogP) is 2.25. The first kappa shape index (κ1) is 11.5. The molecule has 3 rings (SSSR count). The largest absolute Gasteiger partial charge is 0.287 e. The summed E-state index contributed by atoms with van der Waals surface area (Å²) in [5.74, 6) is 0.955. The number of nitrogens with zero attached hydrogens (tertiary/aromatic N) is 2. The van der Waals surface area contributed by atoms with Crippen LogP contribution in [0.15, 0.2) is 40.3 Å². The van der Waals surface area contributed by atoms with E-state index in [-0.39, 0.29) is 5.56 Å². The minimum Gasteiger partial charge on any atom is -0.287 e. The Morgan fingerprint density at radius 1 is 1.33 bits per heavy atom. The normalized spacial score (nSPS) is 13.6. The van der Waals surface area contributed by atoms with Gasteiger partial charge in [-0.05, 0) is 12.5 Å². The lowest BCUT2D eigenvalue weighted by molar-refractivity contribution is 0.638. The average Bonchev–Trinajstić information content (AvgIpc) is 2.84. The molecule has 0 saturated heterocycles. The molecule has 0 spiro atoms. The maximum Gasteiger partial charge on any atom is 0.257 e. The molecule has 2 heterocycles. The second-order valence-corrected chi connectivity index (χ2v) is 5.49. The molecule has 0 aliphatic carbocycles. The van der Waals surface area contributed by atoms with Crippen molar-refractivity contribution in [3.63, 3.8) is 0 Å². The molecule has 1 aromatic carbocycles. The first-order valence-electron chi connectivity index (χ1n) is 6.03. The zero-order valence-electron chi connectivity index (χ0n) is 10.2. The van der Waals surface area contributed by atoms with Crippen LogP contribution in [0.2, 0.25) is 0 Å². The van der Waals surface area contributed by atoms with Crippen LogP contribution in [0.1, 0.15) is 16.8 Å². The van der Waals surface area contributed by atoms with E-state index in [1.807, 2.05) is 37.3 Å². The van der Waals surface area contributed by atoms with E-state index in [0.717, 1.165) is 34.3 Å². The molecule has 0 N–H and O–H groups in total. The summed E-state index contributed by atoms with van der Waals surface area (Å²) in [6.45, 7) is 2.72. The van der Waals surface area contributed by atoms with Gasteiger partial charge in [-0.1, -0.05) is 42.1 Å². The molecule has 4 heteroatoms. The van der Waals surface area contributed by atoms with Crippen LogP contribution in [0.5, 0.6) is 0 Å². The van der Waals surface area contributed by atoms with E-state index in [0.29, 0.717) is 6.42 Å². The molecule has 0 unspecified atom stereocenters. The van der Waals surface area contributed by atoms with Crippen LogP contribution in [0.3, 0.4) is 0 Å². The summed E-state index contributed by atoms with van der Waals surface area (Å²) in [5.41, 5.74) is 2.98. The molecule has 0 bridgehead atoms.